The standard InChI is InChI=1S/C13H15NO4S2/c1-18-13(15)9-2-4-12(5-3-9)20(16,17)14-7-11-6-10(14)8-19-11/h2-5,10-11H,6-8H2,1H3. The van der Waals surface area contributed by atoms with Crippen LogP contribution in [0.5, 0.6) is 0 Å². The van der Waals surface area contributed by atoms with Crippen LogP contribution in [-0.4, -0.2) is 49.4 Å². The van der Waals surface area contributed by atoms with Gasteiger partial charge < -0.3 is 4.74 Å². The number of thioether (sulfide) groups is 1. The van der Waals surface area contributed by atoms with Crippen molar-refractivity contribution in [2.24, 2.45) is 0 Å². The molecule has 2 fully saturated rings. The van der Waals surface area contributed by atoms with E-state index >= 15 is 0 Å². The summed E-state index contributed by atoms with van der Waals surface area (Å²) in [6.45, 7) is 0.594. The molecule has 2 saturated heterocycles. The predicted octanol–water partition coefficient (Wildman–Crippen LogP) is 1.35. The molecule has 0 aliphatic carbocycles. The highest BCUT2D eigenvalue weighted by Crippen LogP contribution is 2.40. The topological polar surface area (TPSA) is 63.7 Å². The highest BCUT2D eigenvalue weighted by molar-refractivity contribution is 8.00. The van der Waals surface area contributed by atoms with Gasteiger partial charge in [0.15, 0.2) is 0 Å². The monoisotopic (exact) mass is 313 g/mol. The quantitative estimate of drug-likeness (QED) is 0.788. The fourth-order valence-corrected chi connectivity index (χ4v) is 5.98. The van der Waals surface area contributed by atoms with E-state index in [1.807, 2.05) is 11.8 Å². The molecule has 2 heterocycles. The number of esters is 1. The molecule has 0 radical (unpaired) electrons. The van der Waals surface area contributed by atoms with Crippen molar-refractivity contribution < 1.29 is 17.9 Å². The van der Waals surface area contributed by atoms with Crippen molar-refractivity contribution in [3.63, 3.8) is 0 Å². The van der Waals surface area contributed by atoms with Crippen molar-refractivity contribution >= 4 is 27.8 Å². The lowest BCUT2D eigenvalue weighted by Crippen LogP contribution is -2.39. The molecule has 1 aromatic rings. The van der Waals surface area contributed by atoms with Gasteiger partial charge in [-0.25, -0.2) is 13.2 Å². The van der Waals surface area contributed by atoms with Crippen LogP contribution < -0.4 is 0 Å². The summed E-state index contributed by atoms with van der Waals surface area (Å²) < 4.78 is 31.3. The SMILES string of the molecule is COC(=O)c1ccc(S(=O)(=O)N2CC3CC2CS3)cc1. The summed E-state index contributed by atoms with van der Waals surface area (Å²) in [6, 6.07) is 6.04. The van der Waals surface area contributed by atoms with E-state index in [1.165, 1.54) is 31.4 Å². The lowest BCUT2D eigenvalue weighted by Gasteiger charge is -2.25. The molecule has 0 N–H and O–H groups in total. The zero-order valence-electron chi connectivity index (χ0n) is 11.0. The summed E-state index contributed by atoms with van der Waals surface area (Å²) in [7, 11) is -2.15. The maximum Gasteiger partial charge on any atom is 0.337 e. The molecule has 7 heteroatoms. The van der Waals surface area contributed by atoms with Crippen molar-refractivity contribution in [3.8, 4) is 0 Å². The van der Waals surface area contributed by atoms with Crippen LogP contribution in [0.3, 0.4) is 0 Å². The number of fused-ring (bicyclic) bond motifs is 2. The van der Waals surface area contributed by atoms with Gasteiger partial charge in [-0.1, -0.05) is 0 Å². The maximum absolute atomic E-state index is 12.6. The lowest BCUT2D eigenvalue weighted by atomic mass is 10.2. The first kappa shape index (κ1) is 13.9. The van der Waals surface area contributed by atoms with Gasteiger partial charge in [-0.05, 0) is 30.7 Å². The number of ether oxygens (including phenoxy) is 1. The van der Waals surface area contributed by atoms with Gasteiger partial charge in [0.2, 0.25) is 10.0 Å². The number of carbonyl (C=O) groups is 1. The van der Waals surface area contributed by atoms with E-state index in [4.69, 9.17) is 0 Å². The second kappa shape index (κ2) is 5.05. The predicted molar refractivity (Wildman–Crippen MR) is 76.3 cm³/mol. The van der Waals surface area contributed by atoms with Crippen LogP contribution in [-0.2, 0) is 14.8 Å². The second-order valence-corrected chi connectivity index (χ2v) is 8.16. The third-order valence-corrected chi connectivity index (χ3v) is 7.05. The Morgan fingerprint density at radius 2 is 2.05 bits per heavy atom. The lowest BCUT2D eigenvalue weighted by molar-refractivity contribution is 0.0600. The Balaban J connectivity index is 1.86. The first-order valence-corrected chi connectivity index (χ1v) is 8.83. The zero-order valence-corrected chi connectivity index (χ0v) is 12.6. The summed E-state index contributed by atoms with van der Waals surface area (Å²) in [5.74, 6) is 0.412. The van der Waals surface area contributed by atoms with Gasteiger partial charge in [0.25, 0.3) is 0 Å². The van der Waals surface area contributed by atoms with Crippen LogP contribution in [0.1, 0.15) is 16.8 Å². The molecule has 2 unspecified atom stereocenters. The van der Waals surface area contributed by atoms with Gasteiger partial charge in [-0.15, -0.1) is 0 Å². The van der Waals surface area contributed by atoms with Crippen LogP contribution in [0.25, 0.3) is 0 Å². The first-order chi connectivity index (χ1) is 9.52. The molecule has 0 amide bonds. The van der Waals surface area contributed by atoms with Gasteiger partial charge in [0.05, 0.1) is 17.6 Å². The summed E-state index contributed by atoms with van der Waals surface area (Å²) in [5, 5.41) is 0.434. The average molecular weight is 313 g/mol. The van der Waals surface area contributed by atoms with Crippen LogP contribution in [0.2, 0.25) is 0 Å². The van der Waals surface area contributed by atoms with E-state index in [1.54, 1.807) is 4.31 Å². The Morgan fingerprint density at radius 1 is 1.35 bits per heavy atom. The summed E-state index contributed by atoms with van der Waals surface area (Å²) in [6.07, 6.45) is 0.949. The smallest absolute Gasteiger partial charge is 0.337 e. The molecule has 5 nitrogen and oxygen atoms in total. The Morgan fingerprint density at radius 3 is 2.55 bits per heavy atom. The number of hydrogen-bond acceptors (Lipinski definition) is 5. The minimum atomic E-state index is -3.45. The molecule has 3 rings (SSSR count). The number of hydrogen-bond donors (Lipinski definition) is 0. The van der Waals surface area contributed by atoms with E-state index in [0.717, 1.165) is 12.2 Å². The van der Waals surface area contributed by atoms with Gasteiger partial charge in [-0.3, -0.25) is 0 Å². The number of methoxy groups -OCH3 is 1. The molecular weight excluding hydrogens is 298 g/mol. The van der Waals surface area contributed by atoms with Crippen LogP contribution in [0.15, 0.2) is 29.2 Å². The minimum absolute atomic E-state index is 0.121. The molecular formula is C13H15NO4S2. The number of sulfonamides is 1. The average Bonchev–Trinajstić information content (AvgIpc) is 3.09. The molecule has 0 aromatic heterocycles. The van der Waals surface area contributed by atoms with E-state index in [0.29, 0.717) is 17.4 Å². The largest absolute Gasteiger partial charge is 0.465 e. The van der Waals surface area contributed by atoms with E-state index < -0.39 is 16.0 Å². The van der Waals surface area contributed by atoms with Crippen LogP contribution >= 0.6 is 11.8 Å². The molecule has 1 aromatic carbocycles. The highest BCUT2D eigenvalue weighted by atomic mass is 32.2. The van der Waals surface area contributed by atoms with E-state index in [2.05, 4.69) is 4.74 Å². The molecule has 20 heavy (non-hydrogen) atoms. The minimum Gasteiger partial charge on any atom is -0.465 e. The highest BCUT2D eigenvalue weighted by Gasteiger charge is 2.44. The Labute approximate surface area is 122 Å². The number of carbonyl (C=O) groups excluding carboxylic acids is 1. The Bertz CT molecular complexity index is 626. The second-order valence-electron chi connectivity index (χ2n) is 4.94. The number of rotatable bonds is 3. The van der Waals surface area contributed by atoms with Gasteiger partial charge in [0.1, 0.15) is 0 Å². The fourth-order valence-electron chi connectivity index (χ4n) is 2.68. The maximum atomic E-state index is 12.6. The van der Waals surface area contributed by atoms with Crippen molar-refractivity contribution in [2.45, 2.75) is 22.6 Å². The molecule has 108 valence electrons. The van der Waals surface area contributed by atoms with Gasteiger partial charge in [0, 0.05) is 23.6 Å². The molecule has 2 aliphatic heterocycles. The molecule has 2 atom stereocenters. The Kier molecular flexibility index (Phi) is 3.51. The van der Waals surface area contributed by atoms with Crippen molar-refractivity contribution in [3.05, 3.63) is 29.8 Å². The number of benzene rings is 1. The van der Waals surface area contributed by atoms with Crippen molar-refractivity contribution in [2.75, 3.05) is 19.4 Å². The molecule has 0 saturated carbocycles. The molecule has 0 spiro atoms. The van der Waals surface area contributed by atoms with Crippen molar-refractivity contribution in [1.82, 2.24) is 4.31 Å². The molecule has 2 bridgehead atoms. The molecule has 2 aliphatic rings. The van der Waals surface area contributed by atoms with Gasteiger partial charge >= 0.3 is 5.97 Å². The summed E-state index contributed by atoms with van der Waals surface area (Å²) >= 11 is 1.85. The fraction of sp³-hybridized carbons (Fsp3) is 0.462. The summed E-state index contributed by atoms with van der Waals surface area (Å²) in [4.78, 5) is 11.6. The van der Waals surface area contributed by atoms with E-state index in [9.17, 15) is 13.2 Å². The summed E-state index contributed by atoms with van der Waals surface area (Å²) in [5.41, 5.74) is 0.352. The van der Waals surface area contributed by atoms with Crippen molar-refractivity contribution in [1.29, 1.82) is 0 Å². The first-order valence-electron chi connectivity index (χ1n) is 6.34. The van der Waals surface area contributed by atoms with Crippen LogP contribution in [0, 0.1) is 0 Å². The third kappa shape index (κ3) is 2.23. The number of nitrogens with zero attached hydrogens (tertiary/aromatic N) is 1. The normalized spacial score (nSPS) is 25.9. The zero-order chi connectivity index (χ0) is 14.3. The Hall–Kier alpha value is -1.05. The van der Waals surface area contributed by atoms with Crippen LogP contribution in [0.4, 0.5) is 0 Å². The third-order valence-electron chi connectivity index (χ3n) is 3.73. The van der Waals surface area contributed by atoms with E-state index in [-0.39, 0.29) is 10.9 Å². The van der Waals surface area contributed by atoms with Gasteiger partial charge in [-0.2, -0.15) is 16.1 Å².